The van der Waals surface area contributed by atoms with Gasteiger partial charge in [0.25, 0.3) is 0 Å². The van der Waals surface area contributed by atoms with Crippen molar-refractivity contribution in [2.45, 2.75) is 17.0 Å². The predicted molar refractivity (Wildman–Crippen MR) is 71.2 cm³/mol. The first-order valence-electron chi connectivity index (χ1n) is 4.89. The number of aromatic nitrogens is 2. The van der Waals surface area contributed by atoms with E-state index in [2.05, 4.69) is 22.6 Å². The van der Waals surface area contributed by atoms with Crippen LogP contribution in [0.15, 0.2) is 40.4 Å². The Morgan fingerprint density at radius 2 is 1.81 bits per heavy atom. The van der Waals surface area contributed by atoms with Gasteiger partial charge < -0.3 is 0 Å². The van der Waals surface area contributed by atoms with Crippen LogP contribution in [0.25, 0.3) is 11.3 Å². The zero-order valence-electron chi connectivity index (χ0n) is 9.14. The quantitative estimate of drug-likeness (QED) is 0.500. The lowest BCUT2D eigenvalue weighted by atomic mass is 10.1. The summed E-state index contributed by atoms with van der Waals surface area (Å²) in [6.45, 7) is 1.95. The van der Waals surface area contributed by atoms with Crippen molar-refractivity contribution < 1.29 is 0 Å². The Bertz CT molecular complexity index is 498. The van der Waals surface area contributed by atoms with E-state index in [9.17, 15) is 0 Å². The summed E-state index contributed by atoms with van der Waals surface area (Å²) in [5, 5.41) is 0.786. The highest BCUT2D eigenvalue weighted by atomic mass is 32.2. The van der Waals surface area contributed by atoms with E-state index in [1.165, 1.54) is 0 Å². The van der Waals surface area contributed by atoms with E-state index in [0.29, 0.717) is 0 Å². The molecule has 1 aromatic heterocycles. The lowest BCUT2D eigenvalue weighted by molar-refractivity contribution is 0.901. The summed E-state index contributed by atoms with van der Waals surface area (Å²) in [5.41, 5.74) is 2.90. The Morgan fingerprint density at radius 1 is 1.12 bits per heavy atom. The normalized spacial score (nSPS) is 10.4. The van der Waals surface area contributed by atoms with Gasteiger partial charge in [-0.3, -0.25) is 0 Å². The summed E-state index contributed by atoms with van der Waals surface area (Å²) in [7, 11) is 0. The summed E-state index contributed by atoms with van der Waals surface area (Å²) in [4.78, 5) is 9.70. The van der Waals surface area contributed by atoms with E-state index in [1.807, 2.05) is 43.5 Å². The monoisotopic (exact) mass is 248 g/mol. The molecule has 0 N–H and O–H groups in total. The van der Waals surface area contributed by atoms with Gasteiger partial charge in [0.05, 0.1) is 16.3 Å². The Balaban J connectivity index is 2.60. The van der Waals surface area contributed by atoms with Crippen molar-refractivity contribution in [3.8, 4) is 11.3 Å². The molecule has 2 aromatic rings. The average molecular weight is 248 g/mol. The van der Waals surface area contributed by atoms with E-state index in [-0.39, 0.29) is 0 Å². The first-order valence-corrected chi connectivity index (χ1v) is 6.56. The Hall–Kier alpha value is -1.00. The molecule has 2 rings (SSSR count). The van der Waals surface area contributed by atoms with Crippen LogP contribution in [0.5, 0.6) is 0 Å². The third-order valence-electron chi connectivity index (χ3n) is 2.27. The largest absolute Gasteiger partial charge is 0.227 e. The maximum atomic E-state index is 4.50. The van der Waals surface area contributed by atoms with E-state index in [1.54, 1.807) is 11.8 Å². The van der Waals surface area contributed by atoms with Crippen LogP contribution in [-0.4, -0.2) is 16.2 Å². The standard InChI is InChI=1S/C12H12N2S2/c1-8-11(15)10(14-12(13-8)16-2)9-6-4-3-5-7-9/h3-7,15H,1-2H3. The second-order valence-electron chi connectivity index (χ2n) is 3.36. The molecule has 1 aromatic carbocycles. The number of aryl methyl sites for hydroxylation is 1. The SMILES string of the molecule is CSc1nc(C)c(S)c(-c2ccccc2)n1. The Labute approximate surface area is 105 Å². The summed E-state index contributed by atoms with van der Waals surface area (Å²) < 4.78 is 0. The summed E-state index contributed by atoms with van der Waals surface area (Å²) in [6.07, 6.45) is 1.97. The number of nitrogens with zero attached hydrogens (tertiary/aromatic N) is 2. The molecule has 0 spiro atoms. The third kappa shape index (κ3) is 2.23. The molecular formula is C12H12N2S2. The number of rotatable bonds is 2. The number of thiol groups is 1. The van der Waals surface area contributed by atoms with Crippen LogP contribution < -0.4 is 0 Å². The van der Waals surface area contributed by atoms with E-state index in [0.717, 1.165) is 27.0 Å². The van der Waals surface area contributed by atoms with E-state index < -0.39 is 0 Å². The van der Waals surface area contributed by atoms with Gasteiger partial charge in [-0.1, -0.05) is 42.1 Å². The maximum Gasteiger partial charge on any atom is 0.188 e. The van der Waals surface area contributed by atoms with E-state index >= 15 is 0 Å². The number of benzene rings is 1. The molecular weight excluding hydrogens is 236 g/mol. The predicted octanol–water partition coefficient (Wildman–Crippen LogP) is 3.46. The highest BCUT2D eigenvalue weighted by molar-refractivity contribution is 7.98. The van der Waals surface area contributed by atoms with Crippen molar-refractivity contribution in [1.29, 1.82) is 0 Å². The molecule has 16 heavy (non-hydrogen) atoms. The van der Waals surface area contributed by atoms with Crippen LogP contribution in [-0.2, 0) is 0 Å². The van der Waals surface area contributed by atoms with Gasteiger partial charge in [0.2, 0.25) is 0 Å². The molecule has 0 atom stereocenters. The average Bonchev–Trinajstić information content (AvgIpc) is 2.33. The molecule has 0 amide bonds. The van der Waals surface area contributed by atoms with Crippen molar-refractivity contribution in [2.24, 2.45) is 0 Å². The van der Waals surface area contributed by atoms with Gasteiger partial charge in [0.15, 0.2) is 5.16 Å². The van der Waals surface area contributed by atoms with Crippen molar-refractivity contribution in [3.63, 3.8) is 0 Å². The number of hydrogen-bond acceptors (Lipinski definition) is 4. The zero-order chi connectivity index (χ0) is 11.5. The first kappa shape index (κ1) is 11.5. The molecule has 0 unspecified atom stereocenters. The minimum Gasteiger partial charge on any atom is -0.227 e. The third-order valence-corrected chi connectivity index (χ3v) is 3.35. The maximum absolute atomic E-state index is 4.50. The van der Waals surface area contributed by atoms with Gasteiger partial charge in [-0.25, -0.2) is 9.97 Å². The van der Waals surface area contributed by atoms with Crippen molar-refractivity contribution in [2.75, 3.05) is 6.26 Å². The van der Waals surface area contributed by atoms with E-state index in [4.69, 9.17) is 0 Å². The van der Waals surface area contributed by atoms with Gasteiger partial charge in [-0.05, 0) is 13.2 Å². The van der Waals surface area contributed by atoms with Crippen molar-refractivity contribution >= 4 is 24.4 Å². The fraction of sp³-hybridized carbons (Fsp3) is 0.167. The zero-order valence-corrected chi connectivity index (χ0v) is 10.8. The summed E-state index contributed by atoms with van der Waals surface area (Å²) in [5.74, 6) is 0. The van der Waals surface area contributed by atoms with Crippen LogP contribution in [0, 0.1) is 6.92 Å². The smallest absolute Gasteiger partial charge is 0.188 e. The minimum atomic E-state index is 0.786. The molecule has 2 nitrogen and oxygen atoms in total. The Morgan fingerprint density at radius 3 is 2.44 bits per heavy atom. The van der Waals surface area contributed by atoms with Gasteiger partial charge in [0.1, 0.15) is 0 Å². The fourth-order valence-electron chi connectivity index (χ4n) is 1.43. The highest BCUT2D eigenvalue weighted by Gasteiger charge is 2.09. The summed E-state index contributed by atoms with van der Waals surface area (Å²) in [6, 6.07) is 10.1. The molecule has 1 heterocycles. The number of hydrogen-bond donors (Lipinski definition) is 1. The lowest BCUT2D eigenvalue weighted by Gasteiger charge is -2.08. The molecule has 0 fully saturated rings. The molecule has 0 saturated carbocycles. The van der Waals surface area contributed by atoms with Gasteiger partial charge in [-0.15, -0.1) is 12.6 Å². The molecule has 0 aliphatic carbocycles. The molecule has 0 aliphatic heterocycles. The van der Waals surface area contributed by atoms with Crippen LogP contribution in [0.4, 0.5) is 0 Å². The Kier molecular flexibility index (Phi) is 3.51. The fourth-order valence-corrected chi connectivity index (χ4v) is 2.07. The van der Waals surface area contributed by atoms with Crippen LogP contribution in [0.1, 0.15) is 5.69 Å². The topological polar surface area (TPSA) is 25.8 Å². The molecule has 82 valence electrons. The number of thioether (sulfide) groups is 1. The van der Waals surface area contributed by atoms with Gasteiger partial charge in [-0.2, -0.15) is 0 Å². The van der Waals surface area contributed by atoms with Crippen molar-refractivity contribution in [3.05, 3.63) is 36.0 Å². The first-order chi connectivity index (χ1) is 7.72. The van der Waals surface area contributed by atoms with Crippen LogP contribution >= 0.6 is 24.4 Å². The van der Waals surface area contributed by atoms with Crippen LogP contribution in [0.2, 0.25) is 0 Å². The van der Waals surface area contributed by atoms with Gasteiger partial charge >= 0.3 is 0 Å². The van der Waals surface area contributed by atoms with Gasteiger partial charge in [0, 0.05) is 5.56 Å². The molecule has 0 radical (unpaired) electrons. The minimum absolute atomic E-state index is 0.786. The second-order valence-corrected chi connectivity index (χ2v) is 4.58. The molecule has 0 bridgehead atoms. The van der Waals surface area contributed by atoms with Crippen LogP contribution in [0.3, 0.4) is 0 Å². The lowest BCUT2D eigenvalue weighted by Crippen LogP contribution is -1.96. The molecule has 4 heteroatoms. The molecule has 0 saturated heterocycles. The molecule has 0 aliphatic rings. The van der Waals surface area contributed by atoms with Crippen molar-refractivity contribution in [1.82, 2.24) is 9.97 Å². The summed E-state index contributed by atoms with van der Waals surface area (Å²) >= 11 is 6.02. The highest BCUT2D eigenvalue weighted by Crippen LogP contribution is 2.27. The second kappa shape index (κ2) is 4.89.